The Kier molecular flexibility index (Phi) is 15.2. The largest absolute Gasteiger partial charge is 0.486 e. The van der Waals surface area contributed by atoms with Gasteiger partial charge in [0.25, 0.3) is 0 Å². The van der Waals surface area contributed by atoms with Crippen LogP contribution in [0.15, 0.2) is 72.8 Å². The number of hydrogen-bond donors (Lipinski definition) is 5. The number of aromatic amines is 1. The summed E-state index contributed by atoms with van der Waals surface area (Å²) in [5.41, 5.74) is 6.93. The van der Waals surface area contributed by atoms with Crippen LogP contribution in [0.3, 0.4) is 0 Å². The summed E-state index contributed by atoms with van der Waals surface area (Å²) in [6, 6.07) is 11.5. The maximum absolute atomic E-state index is 14.0. The number of aryl methyl sites for hydroxylation is 1. The number of carbonyl (C=O) groups excluding carboxylic acids is 4. The molecule has 4 atom stereocenters. The van der Waals surface area contributed by atoms with Crippen LogP contribution in [-0.2, 0) is 32.3 Å². The standard InChI is InChI=1S/C47H52Cl2N10O6S/c1-27-43(66-26-53-27)31-9-6-29(7-10-31)20-52-45(63)39-18-32(60)25-59(39)46(64)44(47(3,4)5)55-41(62)15-14-40(61)51-16-17-58-24-30(21-54-58)8-12-37-34-19-33(11-13-38(34)57-56-37)65-28(2)42-35(48)22-50-23-36(42)49/h6-13,19,21-24,26,28,32,39,44,60H,14-18,20,25H2,1-5H3,(H,51,61)(H,52,63)(H,55,62)(H,56,57)/b12-8+/t28-,32-,39+,44-/m1/s1. The van der Waals surface area contributed by atoms with Gasteiger partial charge in [-0.05, 0) is 60.7 Å². The number of nitrogens with one attached hydrogen (secondary N) is 4. The summed E-state index contributed by atoms with van der Waals surface area (Å²) in [5, 5.41) is 32.7. The third-order valence-corrected chi connectivity index (χ3v) is 12.8. The maximum Gasteiger partial charge on any atom is 0.246 e. The Balaban J connectivity index is 0.859. The number of rotatable bonds is 17. The Morgan fingerprint density at radius 1 is 1.02 bits per heavy atom. The highest BCUT2D eigenvalue weighted by Crippen LogP contribution is 2.34. The van der Waals surface area contributed by atoms with Crippen molar-refractivity contribution in [2.24, 2.45) is 5.41 Å². The molecular formula is C47H52Cl2N10O6S. The van der Waals surface area contributed by atoms with Crippen LogP contribution >= 0.6 is 34.5 Å². The van der Waals surface area contributed by atoms with E-state index in [4.69, 9.17) is 27.9 Å². The van der Waals surface area contributed by atoms with Crippen molar-refractivity contribution >= 4 is 81.2 Å². The number of β-amino-alcohol motifs (C(OH)–C–C–N with tert-alkyl or cyclic N) is 1. The number of nitrogens with zero attached hydrogens (tertiary/aromatic N) is 6. The van der Waals surface area contributed by atoms with Crippen molar-refractivity contribution in [3.8, 4) is 16.2 Å². The first-order chi connectivity index (χ1) is 31.5. The molecule has 66 heavy (non-hydrogen) atoms. The molecule has 16 nitrogen and oxygen atoms in total. The van der Waals surface area contributed by atoms with Crippen LogP contribution in [0.1, 0.15) is 81.1 Å². The van der Waals surface area contributed by atoms with Gasteiger partial charge in [-0.25, -0.2) is 4.98 Å². The predicted octanol–water partition coefficient (Wildman–Crippen LogP) is 6.91. The number of pyridine rings is 1. The van der Waals surface area contributed by atoms with Crippen LogP contribution in [0.2, 0.25) is 10.0 Å². The van der Waals surface area contributed by atoms with E-state index in [-0.39, 0.29) is 44.8 Å². The Labute approximate surface area is 396 Å². The topological polar surface area (TPSA) is 209 Å². The smallest absolute Gasteiger partial charge is 0.246 e. The molecule has 7 rings (SSSR count). The Morgan fingerprint density at radius 2 is 1.76 bits per heavy atom. The summed E-state index contributed by atoms with van der Waals surface area (Å²) in [6.07, 6.45) is 8.84. The summed E-state index contributed by atoms with van der Waals surface area (Å²) < 4.78 is 7.87. The average Bonchev–Trinajstić information content (AvgIpc) is 4.10. The van der Waals surface area contributed by atoms with Crippen LogP contribution in [0.5, 0.6) is 5.75 Å². The number of benzene rings is 2. The summed E-state index contributed by atoms with van der Waals surface area (Å²) >= 11 is 14.2. The highest BCUT2D eigenvalue weighted by molar-refractivity contribution is 7.13. The molecule has 4 aromatic heterocycles. The molecule has 0 saturated carbocycles. The minimum atomic E-state index is -1.01. The summed E-state index contributed by atoms with van der Waals surface area (Å²) in [5.74, 6) is -1.07. The van der Waals surface area contributed by atoms with Crippen LogP contribution in [0.25, 0.3) is 33.5 Å². The van der Waals surface area contributed by atoms with E-state index in [0.717, 1.165) is 38.2 Å². The van der Waals surface area contributed by atoms with Crippen molar-refractivity contribution in [1.82, 2.24) is 50.8 Å². The van der Waals surface area contributed by atoms with E-state index < -0.39 is 47.4 Å². The lowest BCUT2D eigenvalue weighted by Gasteiger charge is -2.35. The number of hydrogen-bond acceptors (Lipinski definition) is 11. The third-order valence-electron chi connectivity index (χ3n) is 11.2. The molecule has 0 aliphatic carbocycles. The summed E-state index contributed by atoms with van der Waals surface area (Å²) in [6.45, 7) is 10.1. The van der Waals surface area contributed by atoms with Gasteiger partial charge in [-0.2, -0.15) is 10.2 Å². The van der Waals surface area contributed by atoms with Crippen molar-refractivity contribution in [2.75, 3.05) is 13.1 Å². The zero-order valence-electron chi connectivity index (χ0n) is 37.2. The van der Waals surface area contributed by atoms with E-state index in [0.29, 0.717) is 33.6 Å². The fraction of sp³-hybridized carbons (Fsp3) is 0.362. The second-order valence-electron chi connectivity index (χ2n) is 17.3. The maximum atomic E-state index is 14.0. The molecule has 4 amide bonds. The number of halogens is 2. The molecule has 1 aliphatic heterocycles. The molecule has 5 N–H and O–H groups in total. The number of aliphatic hydroxyl groups excluding tert-OH is 1. The molecule has 0 radical (unpaired) electrons. The minimum Gasteiger partial charge on any atom is -0.486 e. The molecule has 0 unspecified atom stereocenters. The van der Waals surface area contributed by atoms with Crippen molar-refractivity contribution in [3.05, 3.63) is 111 Å². The number of fused-ring (bicyclic) bond motifs is 1. The lowest BCUT2D eigenvalue weighted by atomic mass is 9.85. The van der Waals surface area contributed by atoms with E-state index in [2.05, 4.69) is 41.2 Å². The molecule has 2 aromatic carbocycles. The number of aliphatic hydroxyl groups is 1. The Bertz CT molecular complexity index is 2710. The highest BCUT2D eigenvalue weighted by Gasteiger charge is 2.44. The second-order valence-corrected chi connectivity index (χ2v) is 18.9. The fourth-order valence-corrected chi connectivity index (χ4v) is 9.17. The molecule has 5 heterocycles. The molecule has 19 heteroatoms. The Hall–Kier alpha value is -6.14. The number of H-pyrrole nitrogens is 1. The number of carbonyl (C=O) groups is 4. The van der Waals surface area contributed by atoms with Crippen LogP contribution in [0.4, 0.5) is 0 Å². The number of amides is 4. The van der Waals surface area contributed by atoms with Crippen molar-refractivity contribution < 1.29 is 29.0 Å². The lowest BCUT2D eigenvalue weighted by Crippen LogP contribution is -2.57. The van der Waals surface area contributed by atoms with Gasteiger partial charge in [0.1, 0.15) is 23.9 Å². The van der Waals surface area contributed by atoms with Crippen molar-refractivity contribution in [3.63, 3.8) is 0 Å². The molecule has 0 bridgehead atoms. The summed E-state index contributed by atoms with van der Waals surface area (Å²) in [7, 11) is 0. The quantitative estimate of drug-likeness (QED) is 0.0638. The van der Waals surface area contributed by atoms with Crippen LogP contribution in [0, 0.1) is 12.3 Å². The monoisotopic (exact) mass is 954 g/mol. The number of thiazole rings is 1. The van der Waals surface area contributed by atoms with Gasteiger partial charge < -0.3 is 30.7 Å². The number of ether oxygens (including phenoxy) is 1. The van der Waals surface area contributed by atoms with Crippen LogP contribution in [-0.4, -0.2) is 94.9 Å². The van der Waals surface area contributed by atoms with Gasteiger partial charge in [0.2, 0.25) is 23.6 Å². The number of aromatic nitrogens is 6. The van der Waals surface area contributed by atoms with Gasteiger partial charge in [-0.3, -0.25) is 33.9 Å². The van der Waals surface area contributed by atoms with Gasteiger partial charge in [0, 0.05) is 74.0 Å². The van der Waals surface area contributed by atoms with E-state index in [1.807, 2.05) is 95.4 Å². The number of likely N-dealkylation sites (tertiary alicyclic amines) is 1. The summed E-state index contributed by atoms with van der Waals surface area (Å²) in [4.78, 5) is 64.2. The van der Waals surface area contributed by atoms with Crippen molar-refractivity contribution in [2.45, 2.75) is 91.3 Å². The second kappa shape index (κ2) is 21.0. The van der Waals surface area contributed by atoms with E-state index in [9.17, 15) is 24.3 Å². The van der Waals surface area contributed by atoms with Gasteiger partial charge in [-0.1, -0.05) is 68.2 Å². The van der Waals surface area contributed by atoms with E-state index in [1.165, 1.54) is 17.3 Å². The Morgan fingerprint density at radius 3 is 2.47 bits per heavy atom. The third kappa shape index (κ3) is 11.8. The minimum absolute atomic E-state index is 0.0438. The van der Waals surface area contributed by atoms with E-state index in [1.54, 1.807) is 27.7 Å². The predicted molar refractivity (Wildman–Crippen MR) is 254 cm³/mol. The molecule has 0 spiro atoms. The molecule has 1 aliphatic rings. The lowest BCUT2D eigenvalue weighted by molar-refractivity contribution is -0.144. The van der Waals surface area contributed by atoms with E-state index >= 15 is 0 Å². The normalized spacial score (nSPS) is 16.1. The van der Waals surface area contributed by atoms with Gasteiger partial charge in [0.15, 0.2) is 0 Å². The van der Waals surface area contributed by atoms with Gasteiger partial charge in [-0.15, -0.1) is 11.3 Å². The molecule has 1 saturated heterocycles. The molecule has 1 fully saturated rings. The van der Waals surface area contributed by atoms with Crippen LogP contribution < -0.4 is 20.7 Å². The molecule has 346 valence electrons. The zero-order chi connectivity index (χ0) is 47.1. The average molecular weight is 956 g/mol. The van der Waals surface area contributed by atoms with Gasteiger partial charge in [0.05, 0.1) is 56.2 Å². The fourth-order valence-electron chi connectivity index (χ4n) is 7.69. The first kappa shape index (κ1) is 47.8. The first-order valence-electron chi connectivity index (χ1n) is 21.5. The molecule has 6 aromatic rings. The molecular weight excluding hydrogens is 904 g/mol. The van der Waals surface area contributed by atoms with Crippen molar-refractivity contribution in [1.29, 1.82) is 0 Å². The zero-order valence-corrected chi connectivity index (χ0v) is 39.5. The highest BCUT2D eigenvalue weighted by atomic mass is 35.5. The van der Waals surface area contributed by atoms with Gasteiger partial charge >= 0.3 is 0 Å². The first-order valence-corrected chi connectivity index (χ1v) is 23.1. The SMILES string of the molecule is Cc1ncsc1-c1ccc(CNC(=O)[C@@H]2C[C@@H](O)CN2C(=O)[C@@H](NC(=O)CCC(=O)NCCn2cc(/C=C/c3n[nH]c4ccc(O[C@H](C)c5c(Cl)cncc5Cl)cc34)cn2)C(C)(C)C)cc1.